The van der Waals surface area contributed by atoms with E-state index < -0.39 is 0 Å². The summed E-state index contributed by atoms with van der Waals surface area (Å²) in [5.41, 5.74) is 8.26. The molecule has 2 aromatic rings. The molecule has 98 valence electrons. The zero-order valence-electron chi connectivity index (χ0n) is 10.7. The van der Waals surface area contributed by atoms with E-state index in [-0.39, 0.29) is 17.8 Å². The predicted octanol–water partition coefficient (Wildman–Crippen LogP) is 2.61. The fourth-order valence-corrected chi connectivity index (χ4v) is 2.60. The molecule has 0 aliphatic heterocycles. The van der Waals surface area contributed by atoms with Crippen LogP contribution in [0.4, 0.5) is 16.2 Å². The largest absolute Gasteiger partial charge is 0.368 e. The highest BCUT2D eigenvalue weighted by molar-refractivity contribution is 5.46. The minimum atomic E-state index is -0.125. The molecule has 1 unspecified atom stereocenters. The van der Waals surface area contributed by atoms with Crippen molar-refractivity contribution in [1.82, 2.24) is 9.97 Å². The molecule has 0 bridgehead atoms. The second-order valence-corrected chi connectivity index (χ2v) is 4.80. The van der Waals surface area contributed by atoms with Crippen molar-refractivity contribution in [2.75, 3.05) is 11.1 Å². The lowest BCUT2D eigenvalue weighted by molar-refractivity contribution is 0.612. The van der Waals surface area contributed by atoms with Crippen LogP contribution >= 0.6 is 0 Å². The molecule has 19 heavy (non-hydrogen) atoms. The standard InChI is InChI=1S/C14H15FN4/c1-8-7-13(19-14(16)17-8)18-12-6-5-9-10(12)3-2-4-11(9)15/h2-4,7,12H,5-6H2,1H3,(H3,16,17,18,19). The number of nitrogens with two attached hydrogens (primary N) is 1. The number of halogens is 1. The van der Waals surface area contributed by atoms with E-state index >= 15 is 0 Å². The number of aromatic nitrogens is 2. The first-order chi connectivity index (χ1) is 9.13. The summed E-state index contributed by atoms with van der Waals surface area (Å²) in [6.45, 7) is 1.87. The van der Waals surface area contributed by atoms with Crippen molar-refractivity contribution in [1.29, 1.82) is 0 Å². The Morgan fingerprint density at radius 3 is 3.00 bits per heavy atom. The number of hydrogen-bond donors (Lipinski definition) is 2. The van der Waals surface area contributed by atoms with Crippen molar-refractivity contribution in [3.8, 4) is 0 Å². The molecule has 1 aromatic heterocycles. The molecule has 3 N–H and O–H groups in total. The first kappa shape index (κ1) is 11.9. The lowest BCUT2D eigenvalue weighted by Gasteiger charge is -2.15. The summed E-state index contributed by atoms with van der Waals surface area (Å²) in [5, 5.41) is 3.31. The first-order valence-corrected chi connectivity index (χ1v) is 6.28. The molecule has 0 radical (unpaired) electrons. The van der Waals surface area contributed by atoms with Gasteiger partial charge in [0, 0.05) is 11.8 Å². The Morgan fingerprint density at radius 2 is 2.21 bits per heavy atom. The van der Waals surface area contributed by atoms with E-state index in [9.17, 15) is 4.39 Å². The van der Waals surface area contributed by atoms with Crippen molar-refractivity contribution >= 4 is 11.8 Å². The number of aryl methyl sites for hydroxylation is 1. The van der Waals surface area contributed by atoms with Gasteiger partial charge in [-0.1, -0.05) is 12.1 Å². The van der Waals surface area contributed by atoms with Gasteiger partial charge in [-0.3, -0.25) is 0 Å². The summed E-state index contributed by atoms with van der Waals surface area (Å²) in [5.74, 6) is 0.812. The second-order valence-electron chi connectivity index (χ2n) is 4.80. The summed E-state index contributed by atoms with van der Waals surface area (Å²) < 4.78 is 13.7. The highest BCUT2D eigenvalue weighted by atomic mass is 19.1. The molecule has 0 fully saturated rings. The SMILES string of the molecule is Cc1cc(NC2CCc3c(F)cccc32)nc(N)n1. The van der Waals surface area contributed by atoms with Gasteiger partial charge in [0.25, 0.3) is 0 Å². The van der Waals surface area contributed by atoms with E-state index in [2.05, 4.69) is 15.3 Å². The van der Waals surface area contributed by atoms with Gasteiger partial charge in [0.15, 0.2) is 0 Å². The minimum Gasteiger partial charge on any atom is -0.368 e. The molecule has 1 aliphatic carbocycles. The van der Waals surface area contributed by atoms with Gasteiger partial charge in [-0.05, 0) is 37.0 Å². The van der Waals surface area contributed by atoms with Crippen molar-refractivity contribution in [3.63, 3.8) is 0 Å². The summed E-state index contributed by atoms with van der Waals surface area (Å²) in [7, 11) is 0. The van der Waals surface area contributed by atoms with Crippen LogP contribution in [0.3, 0.4) is 0 Å². The summed E-state index contributed by atoms with van der Waals surface area (Å²) >= 11 is 0. The average molecular weight is 258 g/mol. The minimum absolute atomic E-state index is 0.0828. The number of fused-ring (bicyclic) bond motifs is 1. The van der Waals surface area contributed by atoms with Crippen LogP contribution in [0.25, 0.3) is 0 Å². The van der Waals surface area contributed by atoms with E-state index in [1.54, 1.807) is 6.07 Å². The van der Waals surface area contributed by atoms with Crippen LogP contribution in [0.1, 0.15) is 29.3 Å². The highest BCUT2D eigenvalue weighted by Gasteiger charge is 2.25. The Hall–Kier alpha value is -2.17. The number of benzene rings is 1. The molecule has 1 aromatic carbocycles. The van der Waals surface area contributed by atoms with Gasteiger partial charge in [0.2, 0.25) is 5.95 Å². The van der Waals surface area contributed by atoms with Crippen molar-refractivity contribution in [3.05, 3.63) is 46.9 Å². The molecule has 3 rings (SSSR count). The van der Waals surface area contributed by atoms with Crippen molar-refractivity contribution < 1.29 is 4.39 Å². The molecule has 0 spiro atoms. The van der Waals surface area contributed by atoms with Gasteiger partial charge in [0.1, 0.15) is 11.6 Å². The second kappa shape index (κ2) is 4.50. The maximum atomic E-state index is 13.7. The van der Waals surface area contributed by atoms with Gasteiger partial charge in [0.05, 0.1) is 6.04 Å². The van der Waals surface area contributed by atoms with Crippen LogP contribution in [0.5, 0.6) is 0 Å². The zero-order valence-corrected chi connectivity index (χ0v) is 10.7. The molecule has 1 atom stereocenters. The first-order valence-electron chi connectivity index (χ1n) is 6.28. The molecule has 0 saturated carbocycles. The molecular weight excluding hydrogens is 243 g/mol. The molecule has 5 heteroatoms. The van der Waals surface area contributed by atoms with Gasteiger partial charge < -0.3 is 11.1 Å². The van der Waals surface area contributed by atoms with Crippen molar-refractivity contribution in [2.24, 2.45) is 0 Å². The molecule has 4 nitrogen and oxygen atoms in total. The van der Waals surface area contributed by atoms with Crippen molar-refractivity contribution in [2.45, 2.75) is 25.8 Å². The van der Waals surface area contributed by atoms with E-state index in [4.69, 9.17) is 5.73 Å². The molecule has 0 saturated heterocycles. The fourth-order valence-electron chi connectivity index (χ4n) is 2.60. The summed E-state index contributed by atoms with van der Waals surface area (Å²) in [4.78, 5) is 8.19. The number of nitrogen functional groups attached to an aromatic ring is 1. The Kier molecular flexibility index (Phi) is 2.81. The van der Waals surface area contributed by atoms with Crippen LogP contribution in [-0.2, 0) is 6.42 Å². The van der Waals surface area contributed by atoms with Gasteiger partial charge >= 0.3 is 0 Å². The molecular formula is C14H15FN4. The molecule has 0 amide bonds. The quantitative estimate of drug-likeness (QED) is 0.869. The number of nitrogens with one attached hydrogen (secondary N) is 1. The fraction of sp³-hybridized carbons (Fsp3) is 0.286. The zero-order chi connectivity index (χ0) is 13.4. The predicted molar refractivity (Wildman–Crippen MR) is 72.3 cm³/mol. The third-order valence-corrected chi connectivity index (χ3v) is 3.41. The normalized spacial score (nSPS) is 17.3. The monoisotopic (exact) mass is 258 g/mol. The van der Waals surface area contributed by atoms with E-state index in [0.717, 1.165) is 29.7 Å². The Labute approximate surface area is 110 Å². The maximum absolute atomic E-state index is 13.7. The Balaban J connectivity index is 1.89. The van der Waals surface area contributed by atoms with Crippen LogP contribution in [0, 0.1) is 12.7 Å². The Bertz CT molecular complexity index is 607. The highest BCUT2D eigenvalue weighted by Crippen LogP contribution is 2.34. The van der Waals surface area contributed by atoms with Crippen LogP contribution in [0.2, 0.25) is 0 Å². The van der Waals surface area contributed by atoms with Crippen LogP contribution in [-0.4, -0.2) is 9.97 Å². The van der Waals surface area contributed by atoms with Crippen LogP contribution in [0.15, 0.2) is 24.3 Å². The topological polar surface area (TPSA) is 63.8 Å². The third-order valence-electron chi connectivity index (χ3n) is 3.41. The van der Waals surface area contributed by atoms with Crippen LogP contribution < -0.4 is 11.1 Å². The number of anilines is 2. The van der Waals surface area contributed by atoms with E-state index in [0.29, 0.717) is 5.82 Å². The van der Waals surface area contributed by atoms with E-state index in [1.807, 2.05) is 19.1 Å². The van der Waals surface area contributed by atoms with Gasteiger partial charge in [-0.25, -0.2) is 9.37 Å². The van der Waals surface area contributed by atoms with E-state index in [1.165, 1.54) is 6.07 Å². The Morgan fingerprint density at radius 1 is 1.37 bits per heavy atom. The maximum Gasteiger partial charge on any atom is 0.222 e. The molecule has 1 heterocycles. The summed E-state index contributed by atoms with van der Waals surface area (Å²) in [6, 6.07) is 7.13. The number of rotatable bonds is 2. The number of hydrogen-bond acceptors (Lipinski definition) is 4. The molecule has 1 aliphatic rings. The number of nitrogens with zero attached hydrogens (tertiary/aromatic N) is 2. The average Bonchev–Trinajstić information content (AvgIpc) is 2.73. The lowest BCUT2D eigenvalue weighted by Crippen LogP contribution is -2.10. The van der Waals surface area contributed by atoms with Gasteiger partial charge in [-0.2, -0.15) is 4.98 Å². The smallest absolute Gasteiger partial charge is 0.222 e. The lowest BCUT2D eigenvalue weighted by atomic mass is 10.1. The van der Waals surface area contributed by atoms with Gasteiger partial charge in [-0.15, -0.1) is 0 Å². The third kappa shape index (κ3) is 2.23. The summed E-state index contributed by atoms with van der Waals surface area (Å²) in [6.07, 6.45) is 1.61.